The maximum Gasteiger partial charge on any atom is 0.169 e. The summed E-state index contributed by atoms with van der Waals surface area (Å²) in [5.74, 6) is 0.219. The zero-order valence-electron chi connectivity index (χ0n) is 8.80. The summed E-state index contributed by atoms with van der Waals surface area (Å²) in [6.07, 6.45) is 2.80. The molecule has 2 rings (SSSR count). The summed E-state index contributed by atoms with van der Waals surface area (Å²) in [6.45, 7) is 4.13. The maximum atomic E-state index is 11.2. The minimum atomic E-state index is -1.12. The van der Waals surface area contributed by atoms with Gasteiger partial charge in [-0.25, -0.2) is 0 Å². The average molecular weight is 224 g/mol. The molecular weight excluding hydrogens is 208 g/mol. The van der Waals surface area contributed by atoms with Gasteiger partial charge < -0.3 is 0 Å². The first-order valence-electron chi connectivity index (χ1n) is 5.23. The Morgan fingerprint density at radius 3 is 2.50 bits per heavy atom. The van der Waals surface area contributed by atoms with Crippen LogP contribution < -0.4 is 4.50 Å². The van der Waals surface area contributed by atoms with Crippen LogP contribution in [0.3, 0.4) is 0 Å². The number of ketones is 1. The molecule has 1 aliphatic rings. The topological polar surface area (TPSA) is 17.1 Å². The molecular formula is C11H16OSSi. The van der Waals surface area contributed by atoms with E-state index in [0.717, 1.165) is 4.88 Å². The number of carbonyl (C=O) groups excluding carboxylic acids is 1. The second kappa shape index (κ2) is 3.63. The number of rotatable bonds is 2. The van der Waals surface area contributed by atoms with Gasteiger partial charge in [-0.2, -0.15) is 0 Å². The van der Waals surface area contributed by atoms with Crippen molar-refractivity contribution in [1.82, 2.24) is 0 Å². The second-order valence-electron chi connectivity index (χ2n) is 4.49. The molecule has 14 heavy (non-hydrogen) atoms. The van der Waals surface area contributed by atoms with Crippen molar-refractivity contribution in [1.29, 1.82) is 0 Å². The zero-order valence-corrected chi connectivity index (χ0v) is 10.6. The van der Waals surface area contributed by atoms with E-state index in [2.05, 4.69) is 12.6 Å². The van der Waals surface area contributed by atoms with Crippen LogP contribution in [0.25, 0.3) is 0 Å². The molecule has 1 aliphatic heterocycles. The lowest BCUT2D eigenvalue weighted by Gasteiger charge is -2.18. The fourth-order valence-corrected chi connectivity index (χ4v) is 8.12. The van der Waals surface area contributed by atoms with Gasteiger partial charge in [-0.15, -0.1) is 11.3 Å². The van der Waals surface area contributed by atoms with Crippen molar-refractivity contribution in [3.63, 3.8) is 0 Å². The van der Waals surface area contributed by atoms with Gasteiger partial charge >= 0.3 is 0 Å². The molecule has 3 heteroatoms. The number of hydrogen-bond acceptors (Lipinski definition) is 2. The quantitative estimate of drug-likeness (QED) is 0.557. The summed E-state index contributed by atoms with van der Waals surface area (Å²) < 4.78 is 1.54. The third kappa shape index (κ3) is 1.71. The van der Waals surface area contributed by atoms with Crippen LogP contribution in [0.5, 0.6) is 0 Å². The molecule has 2 heterocycles. The summed E-state index contributed by atoms with van der Waals surface area (Å²) in [5.41, 5.74) is 0. The Labute approximate surface area is 90.2 Å². The molecule has 0 aliphatic carbocycles. The molecule has 1 nitrogen and oxygen atoms in total. The number of hydrogen-bond donors (Lipinski definition) is 0. The minimum Gasteiger partial charge on any atom is -0.294 e. The standard InChI is InChI=1S/C11H16OSSi/c1-9(12)10-5-6-11(13-10)14(2)7-3-4-8-14/h5-6H,3-4,7-8H2,1-2H3. The van der Waals surface area contributed by atoms with Gasteiger partial charge in [-0.1, -0.05) is 37.5 Å². The summed E-state index contributed by atoms with van der Waals surface area (Å²) in [5, 5.41) is 0. The SMILES string of the molecule is CC(=O)c1ccc([Si]2(C)CCCC2)s1. The summed E-state index contributed by atoms with van der Waals surface area (Å²) in [6, 6.07) is 7.06. The van der Waals surface area contributed by atoms with Crippen LogP contribution in [0.1, 0.15) is 29.4 Å². The van der Waals surface area contributed by atoms with E-state index < -0.39 is 8.07 Å². The van der Waals surface area contributed by atoms with Gasteiger partial charge in [0.15, 0.2) is 5.78 Å². The average Bonchev–Trinajstić information content (AvgIpc) is 2.71. The Morgan fingerprint density at radius 1 is 1.36 bits per heavy atom. The van der Waals surface area contributed by atoms with E-state index >= 15 is 0 Å². The van der Waals surface area contributed by atoms with Crippen molar-refractivity contribution in [3.8, 4) is 0 Å². The molecule has 76 valence electrons. The fourth-order valence-electron chi connectivity index (χ4n) is 2.25. The predicted molar refractivity (Wildman–Crippen MR) is 64.4 cm³/mol. The highest BCUT2D eigenvalue weighted by atomic mass is 32.1. The lowest BCUT2D eigenvalue weighted by atomic mass is 10.4. The Bertz CT molecular complexity index is 350. The normalized spacial score (nSPS) is 19.9. The molecule has 0 spiro atoms. The van der Waals surface area contributed by atoms with Crippen LogP contribution in [0.15, 0.2) is 12.1 Å². The molecule has 0 atom stereocenters. The molecule has 0 unspecified atom stereocenters. The first-order chi connectivity index (χ1) is 6.62. The predicted octanol–water partition coefficient (Wildman–Crippen LogP) is 3.03. The fraction of sp³-hybridized carbons (Fsp3) is 0.545. The van der Waals surface area contributed by atoms with E-state index in [0.29, 0.717) is 0 Å². The highest BCUT2D eigenvalue weighted by Crippen LogP contribution is 2.31. The van der Waals surface area contributed by atoms with Gasteiger partial charge in [0, 0.05) is 0 Å². The van der Waals surface area contributed by atoms with Crippen LogP contribution in [0.2, 0.25) is 18.6 Å². The van der Waals surface area contributed by atoms with Crippen molar-refractivity contribution in [3.05, 3.63) is 17.0 Å². The Balaban J connectivity index is 2.28. The minimum absolute atomic E-state index is 0.219. The molecule has 1 aromatic rings. The lowest BCUT2D eigenvalue weighted by Crippen LogP contribution is -2.39. The molecule has 0 amide bonds. The molecule has 0 saturated carbocycles. The van der Waals surface area contributed by atoms with Crippen LogP contribution in [0, 0.1) is 0 Å². The number of Topliss-reactive ketones (excluding diaryl/α,β-unsaturated/α-hetero) is 1. The molecule has 0 radical (unpaired) electrons. The van der Waals surface area contributed by atoms with Gasteiger partial charge in [-0.05, 0) is 17.5 Å². The Kier molecular flexibility index (Phi) is 2.62. The van der Waals surface area contributed by atoms with Crippen LogP contribution >= 0.6 is 11.3 Å². The van der Waals surface area contributed by atoms with Crippen molar-refractivity contribution in [2.75, 3.05) is 0 Å². The van der Waals surface area contributed by atoms with Gasteiger partial charge in [-0.3, -0.25) is 4.79 Å². The monoisotopic (exact) mass is 224 g/mol. The highest BCUT2D eigenvalue weighted by molar-refractivity contribution is 7.28. The van der Waals surface area contributed by atoms with E-state index in [-0.39, 0.29) is 5.78 Å². The van der Waals surface area contributed by atoms with E-state index in [1.807, 2.05) is 6.07 Å². The van der Waals surface area contributed by atoms with Gasteiger partial charge in [0.25, 0.3) is 0 Å². The van der Waals surface area contributed by atoms with E-state index in [9.17, 15) is 4.79 Å². The van der Waals surface area contributed by atoms with Crippen LogP contribution in [-0.2, 0) is 0 Å². The van der Waals surface area contributed by atoms with Crippen LogP contribution in [-0.4, -0.2) is 13.9 Å². The van der Waals surface area contributed by atoms with Crippen molar-refractivity contribution in [2.24, 2.45) is 0 Å². The second-order valence-corrected chi connectivity index (χ2v) is 10.6. The molecule has 1 fully saturated rings. The first kappa shape index (κ1) is 10.1. The summed E-state index contributed by atoms with van der Waals surface area (Å²) >= 11 is 1.75. The van der Waals surface area contributed by atoms with Crippen molar-refractivity contribution >= 4 is 29.7 Å². The molecule has 1 aromatic heterocycles. The van der Waals surface area contributed by atoms with Crippen molar-refractivity contribution < 1.29 is 4.79 Å². The van der Waals surface area contributed by atoms with Crippen molar-refractivity contribution in [2.45, 2.75) is 38.4 Å². The Hall–Kier alpha value is -0.413. The first-order valence-corrected chi connectivity index (χ1v) is 8.96. The summed E-state index contributed by atoms with van der Waals surface area (Å²) in [4.78, 5) is 12.1. The summed E-state index contributed by atoms with van der Waals surface area (Å²) in [7, 11) is -1.12. The maximum absolute atomic E-state index is 11.2. The largest absolute Gasteiger partial charge is 0.294 e. The van der Waals surface area contributed by atoms with Gasteiger partial charge in [0.05, 0.1) is 13.0 Å². The third-order valence-electron chi connectivity index (χ3n) is 3.25. The zero-order chi connectivity index (χ0) is 10.2. The third-order valence-corrected chi connectivity index (χ3v) is 10.3. The van der Waals surface area contributed by atoms with E-state index in [1.54, 1.807) is 22.8 Å². The highest BCUT2D eigenvalue weighted by Gasteiger charge is 2.34. The Morgan fingerprint density at radius 2 is 2.00 bits per heavy atom. The van der Waals surface area contributed by atoms with Crippen LogP contribution in [0.4, 0.5) is 0 Å². The number of thiophene rings is 1. The molecule has 0 N–H and O–H groups in total. The van der Waals surface area contributed by atoms with Gasteiger partial charge in [0.2, 0.25) is 0 Å². The molecule has 0 aromatic carbocycles. The molecule has 1 saturated heterocycles. The van der Waals surface area contributed by atoms with E-state index in [1.165, 1.54) is 24.9 Å². The van der Waals surface area contributed by atoms with Gasteiger partial charge in [0.1, 0.15) is 0 Å². The molecule has 0 bridgehead atoms. The lowest BCUT2D eigenvalue weighted by molar-refractivity contribution is 0.102. The smallest absolute Gasteiger partial charge is 0.169 e. The van der Waals surface area contributed by atoms with E-state index in [4.69, 9.17) is 0 Å². The number of carbonyl (C=O) groups is 1.